The van der Waals surface area contributed by atoms with Gasteiger partial charge in [0.2, 0.25) is 15.9 Å². The molecular formula is C22H30N4O5S. The summed E-state index contributed by atoms with van der Waals surface area (Å²) in [7, 11) is -2.20. The molecule has 4 rings (SSSR count). The number of likely N-dealkylation sites (tertiary alicyclic amines) is 1. The van der Waals surface area contributed by atoms with Crippen LogP contribution in [0.25, 0.3) is 10.9 Å². The van der Waals surface area contributed by atoms with E-state index < -0.39 is 21.3 Å². The molecule has 10 heteroatoms. The van der Waals surface area contributed by atoms with Gasteiger partial charge < -0.3 is 4.90 Å². The summed E-state index contributed by atoms with van der Waals surface area (Å²) < 4.78 is 29.8. The second-order valence-corrected chi connectivity index (χ2v) is 10.6. The van der Waals surface area contributed by atoms with E-state index in [1.165, 1.54) is 34.1 Å². The van der Waals surface area contributed by atoms with Gasteiger partial charge in [-0.05, 0) is 43.9 Å². The topological polar surface area (TPSA) is 102 Å². The van der Waals surface area contributed by atoms with E-state index >= 15 is 0 Å². The highest BCUT2D eigenvalue weighted by atomic mass is 32.2. The number of fused-ring (bicyclic) bond motifs is 1. The Morgan fingerprint density at radius 3 is 2.16 bits per heavy atom. The number of carbonyl (C=O) groups excluding carboxylic acids is 1. The Kier molecular flexibility index (Phi) is 6.52. The highest BCUT2D eigenvalue weighted by Gasteiger charge is 2.27. The molecule has 3 heterocycles. The molecule has 0 spiro atoms. The Hall–Kier alpha value is -2.46. The van der Waals surface area contributed by atoms with E-state index in [4.69, 9.17) is 0 Å². The highest BCUT2D eigenvalue weighted by Crippen LogP contribution is 2.22. The quantitative estimate of drug-likeness (QED) is 0.681. The van der Waals surface area contributed by atoms with Gasteiger partial charge in [0.25, 0.3) is 5.56 Å². The minimum atomic E-state index is -3.73. The van der Waals surface area contributed by atoms with E-state index in [1.807, 2.05) is 0 Å². The van der Waals surface area contributed by atoms with Crippen molar-refractivity contribution in [2.24, 2.45) is 7.05 Å². The lowest BCUT2D eigenvalue weighted by atomic mass is 10.2. The van der Waals surface area contributed by atoms with Gasteiger partial charge in [0.15, 0.2) is 0 Å². The average molecular weight is 463 g/mol. The fourth-order valence-corrected chi connectivity index (χ4v) is 6.15. The van der Waals surface area contributed by atoms with Gasteiger partial charge in [-0.15, -0.1) is 0 Å². The van der Waals surface area contributed by atoms with Crippen molar-refractivity contribution >= 4 is 26.8 Å². The van der Waals surface area contributed by atoms with Gasteiger partial charge in [0, 0.05) is 33.2 Å². The number of hydrogen-bond acceptors (Lipinski definition) is 5. The molecule has 0 N–H and O–H groups in total. The molecule has 0 saturated carbocycles. The first kappa shape index (κ1) is 22.7. The predicted molar refractivity (Wildman–Crippen MR) is 121 cm³/mol. The molecule has 1 aromatic carbocycles. The van der Waals surface area contributed by atoms with Crippen LogP contribution in [0.4, 0.5) is 0 Å². The van der Waals surface area contributed by atoms with Crippen molar-refractivity contribution in [1.82, 2.24) is 18.3 Å². The van der Waals surface area contributed by atoms with E-state index in [-0.39, 0.29) is 22.7 Å². The molecule has 0 unspecified atom stereocenters. The normalized spacial score (nSPS) is 18.6. The molecule has 0 bridgehead atoms. The van der Waals surface area contributed by atoms with Crippen LogP contribution >= 0.6 is 0 Å². The molecule has 9 nitrogen and oxygen atoms in total. The zero-order valence-corrected chi connectivity index (χ0v) is 19.3. The Bertz CT molecular complexity index is 1230. The molecule has 2 saturated heterocycles. The molecule has 0 radical (unpaired) electrons. The maximum absolute atomic E-state index is 13.2. The van der Waals surface area contributed by atoms with Crippen LogP contribution < -0.4 is 11.2 Å². The molecular weight excluding hydrogens is 432 g/mol. The van der Waals surface area contributed by atoms with Gasteiger partial charge in [-0.2, -0.15) is 4.31 Å². The van der Waals surface area contributed by atoms with E-state index in [9.17, 15) is 22.8 Å². The molecule has 1 amide bonds. The monoisotopic (exact) mass is 462 g/mol. The molecule has 1 aromatic heterocycles. The Morgan fingerprint density at radius 1 is 0.906 bits per heavy atom. The van der Waals surface area contributed by atoms with Crippen molar-refractivity contribution in [3.05, 3.63) is 39.0 Å². The van der Waals surface area contributed by atoms with Crippen molar-refractivity contribution in [3.63, 3.8) is 0 Å². The molecule has 2 fully saturated rings. The molecule has 2 aliphatic heterocycles. The van der Waals surface area contributed by atoms with Gasteiger partial charge in [-0.1, -0.05) is 19.3 Å². The minimum Gasteiger partial charge on any atom is -0.341 e. The number of benzene rings is 1. The summed E-state index contributed by atoms with van der Waals surface area (Å²) in [6, 6.07) is 4.28. The second-order valence-electron chi connectivity index (χ2n) is 8.67. The summed E-state index contributed by atoms with van der Waals surface area (Å²) in [4.78, 5) is 40.6. The number of hydrogen-bond donors (Lipinski definition) is 0. The number of sulfonamides is 1. The zero-order valence-electron chi connectivity index (χ0n) is 18.5. The Balaban J connectivity index is 1.74. The summed E-state index contributed by atoms with van der Waals surface area (Å²) in [5, 5.41) is 0.119. The molecule has 174 valence electrons. The summed E-state index contributed by atoms with van der Waals surface area (Å²) in [5.41, 5.74) is -0.879. The van der Waals surface area contributed by atoms with Crippen molar-refractivity contribution in [2.75, 3.05) is 26.2 Å². The van der Waals surface area contributed by atoms with Crippen LogP contribution in [-0.4, -0.2) is 58.8 Å². The van der Waals surface area contributed by atoms with Crippen LogP contribution in [0, 0.1) is 0 Å². The van der Waals surface area contributed by atoms with Crippen molar-refractivity contribution in [3.8, 4) is 0 Å². The third kappa shape index (κ3) is 4.25. The van der Waals surface area contributed by atoms with Crippen molar-refractivity contribution in [1.29, 1.82) is 0 Å². The van der Waals surface area contributed by atoms with Crippen LogP contribution in [0.15, 0.2) is 32.7 Å². The van der Waals surface area contributed by atoms with E-state index in [0.717, 1.165) is 49.5 Å². The fraction of sp³-hybridized carbons (Fsp3) is 0.591. The average Bonchev–Trinajstić information content (AvgIpc) is 3.10. The van der Waals surface area contributed by atoms with E-state index in [1.54, 1.807) is 4.90 Å². The van der Waals surface area contributed by atoms with Gasteiger partial charge >= 0.3 is 5.69 Å². The lowest BCUT2D eigenvalue weighted by Crippen LogP contribution is -2.44. The zero-order chi connectivity index (χ0) is 22.9. The number of rotatable bonds is 4. The van der Waals surface area contributed by atoms with Crippen LogP contribution in [0.5, 0.6) is 0 Å². The maximum atomic E-state index is 13.2. The Labute approximate surface area is 187 Å². The molecule has 2 aliphatic rings. The van der Waals surface area contributed by atoms with Crippen LogP contribution in [0.1, 0.15) is 44.9 Å². The third-order valence-electron chi connectivity index (χ3n) is 6.53. The minimum absolute atomic E-state index is 0.0352. The molecule has 2 aromatic rings. The number of aryl methyl sites for hydroxylation is 1. The van der Waals surface area contributed by atoms with Crippen LogP contribution in [0.3, 0.4) is 0 Å². The first-order valence-corrected chi connectivity index (χ1v) is 12.8. The number of aromatic nitrogens is 2. The largest absolute Gasteiger partial charge is 0.341 e. The molecule has 0 aliphatic carbocycles. The summed E-state index contributed by atoms with van der Waals surface area (Å²) in [6.45, 7) is 1.83. The lowest BCUT2D eigenvalue weighted by molar-refractivity contribution is -0.131. The lowest BCUT2D eigenvalue weighted by Gasteiger charge is -2.26. The fourth-order valence-electron chi connectivity index (χ4n) is 4.60. The first-order chi connectivity index (χ1) is 15.3. The van der Waals surface area contributed by atoms with E-state index in [0.29, 0.717) is 31.7 Å². The summed E-state index contributed by atoms with van der Waals surface area (Å²) in [5.74, 6) is -0.262. The van der Waals surface area contributed by atoms with Crippen LogP contribution in [-0.2, 0) is 28.4 Å². The Morgan fingerprint density at radius 2 is 1.50 bits per heavy atom. The molecule has 32 heavy (non-hydrogen) atoms. The third-order valence-corrected chi connectivity index (χ3v) is 8.42. The van der Waals surface area contributed by atoms with E-state index in [2.05, 4.69) is 0 Å². The second kappa shape index (κ2) is 9.19. The van der Waals surface area contributed by atoms with Crippen LogP contribution in [0.2, 0.25) is 0 Å². The highest BCUT2D eigenvalue weighted by molar-refractivity contribution is 7.89. The SMILES string of the molecule is Cn1c(=O)n(CC(=O)N2CCCCCC2)c(=O)c2cc(S(=O)(=O)N3CCCCC3)ccc21. The smallest absolute Gasteiger partial charge is 0.331 e. The number of nitrogens with zero attached hydrogens (tertiary/aromatic N) is 4. The van der Waals surface area contributed by atoms with Gasteiger partial charge in [-0.25, -0.2) is 13.2 Å². The van der Waals surface area contributed by atoms with Gasteiger partial charge in [0.1, 0.15) is 6.54 Å². The number of amides is 1. The van der Waals surface area contributed by atoms with Gasteiger partial charge in [-0.3, -0.25) is 18.7 Å². The first-order valence-electron chi connectivity index (χ1n) is 11.3. The summed E-state index contributed by atoms with van der Waals surface area (Å²) in [6.07, 6.45) is 6.58. The number of carbonyl (C=O) groups is 1. The maximum Gasteiger partial charge on any atom is 0.331 e. The van der Waals surface area contributed by atoms with Crippen molar-refractivity contribution in [2.45, 2.75) is 56.4 Å². The van der Waals surface area contributed by atoms with Gasteiger partial charge in [0.05, 0.1) is 15.8 Å². The predicted octanol–water partition coefficient (Wildman–Crippen LogP) is 1.28. The molecule has 0 atom stereocenters. The standard InChI is InChI=1S/C22H30N4O5S/c1-23-19-10-9-17(32(30,31)25-13-7-4-8-14-25)15-18(19)21(28)26(22(23)29)16-20(27)24-11-5-2-3-6-12-24/h9-10,15H,2-8,11-14,16H2,1H3. The number of piperidine rings is 1. The van der Waals surface area contributed by atoms with Crippen molar-refractivity contribution < 1.29 is 13.2 Å². The summed E-state index contributed by atoms with van der Waals surface area (Å²) >= 11 is 0.